The van der Waals surface area contributed by atoms with Gasteiger partial charge in [0.05, 0.1) is 59.5 Å². The average Bonchev–Trinajstić information content (AvgIpc) is 3.63. The molecule has 0 bridgehead atoms. The lowest BCUT2D eigenvalue weighted by Gasteiger charge is -2.35. The number of morpholine rings is 1. The summed E-state index contributed by atoms with van der Waals surface area (Å²) in [7, 11) is 0. The molecule has 13 heteroatoms. The van der Waals surface area contributed by atoms with Crippen LogP contribution in [0, 0.1) is 5.92 Å². The highest BCUT2D eigenvalue weighted by Gasteiger charge is 2.44. The van der Waals surface area contributed by atoms with Crippen molar-refractivity contribution in [3.05, 3.63) is 66.1 Å². The van der Waals surface area contributed by atoms with E-state index in [4.69, 9.17) is 9.72 Å². The summed E-state index contributed by atoms with van der Waals surface area (Å²) in [5.74, 6) is -1.61. The minimum Gasteiger partial charge on any atom is -0.385 e. The molecule has 2 aromatic heterocycles. The summed E-state index contributed by atoms with van der Waals surface area (Å²) in [6, 6.07) is 10.6. The molecular formula is C33H32N8O5. The Kier molecular flexibility index (Phi) is 6.97. The van der Waals surface area contributed by atoms with Crippen LogP contribution in [0.25, 0.3) is 22.3 Å². The van der Waals surface area contributed by atoms with Crippen molar-refractivity contribution in [3.8, 4) is 11.3 Å². The van der Waals surface area contributed by atoms with Crippen LogP contribution in [-0.2, 0) is 14.3 Å². The molecule has 1 saturated carbocycles. The minimum absolute atomic E-state index is 0.0902. The zero-order chi connectivity index (χ0) is 31.4. The molecule has 0 radical (unpaired) electrons. The van der Waals surface area contributed by atoms with Crippen LogP contribution in [-0.4, -0.2) is 87.2 Å². The number of benzene rings is 2. The van der Waals surface area contributed by atoms with E-state index in [1.807, 2.05) is 23.1 Å². The van der Waals surface area contributed by atoms with Gasteiger partial charge in [0.25, 0.3) is 11.8 Å². The molecule has 46 heavy (non-hydrogen) atoms. The molecule has 1 aliphatic carbocycles. The Morgan fingerprint density at radius 3 is 2.59 bits per heavy atom. The van der Waals surface area contributed by atoms with Gasteiger partial charge in [-0.1, -0.05) is 0 Å². The predicted octanol–water partition coefficient (Wildman–Crippen LogP) is 2.79. The quantitative estimate of drug-likeness (QED) is 0.295. The number of anilines is 2. The predicted molar refractivity (Wildman–Crippen MR) is 167 cm³/mol. The van der Waals surface area contributed by atoms with Crippen molar-refractivity contribution in [2.45, 2.75) is 37.8 Å². The molecule has 1 unspecified atom stereocenters. The summed E-state index contributed by atoms with van der Waals surface area (Å²) >= 11 is 0. The number of fused-ring (bicyclic) bond motifs is 2. The van der Waals surface area contributed by atoms with Crippen molar-refractivity contribution in [3.63, 3.8) is 0 Å². The number of ether oxygens (including phenoxy) is 1. The first-order valence-corrected chi connectivity index (χ1v) is 15.6. The highest BCUT2D eigenvalue weighted by Crippen LogP contribution is 2.38. The zero-order valence-corrected chi connectivity index (χ0v) is 25.0. The van der Waals surface area contributed by atoms with Crippen LogP contribution in [0.3, 0.4) is 0 Å². The van der Waals surface area contributed by atoms with E-state index in [9.17, 15) is 19.2 Å². The van der Waals surface area contributed by atoms with Crippen molar-refractivity contribution >= 4 is 46.0 Å². The molecule has 234 valence electrons. The molecule has 4 amide bonds. The number of aromatic nitrogens is 4. The van der Waals surface area contributed by atoms with Crippen LogP contribution in [0.4, 0.5) is 11.4 Å². The Morgan fingerprint density at radius 2 is 1.76 bits per heavy atom. The summed E-state index contributed by atoms with van der Waals surface area (Å²) < 4.78 is 7.49. The van der Waals surface area contributed by atoms with E-state index in [-0.39, 0.29) is 30.0 Å². The molecule has 8 rings (SSSR count). The summed E-state index contributed by atoms with van der Waals surface area (Å²) in [4.78, 5) is 62.8. The Balaban J connectivity index is 0.880. The minimum atomic E-state index is -0.974. The fraction of sp³-hybridized carbons (Fsp3) is 0.364. The second-order valence-electron chi connectivity index (χ2n) is 12.3. The maximum atomic E-state index is 13.1. The SMILES string of the molecule is O=C1CCC(N2C(=O)c3ccc(NCC4CC(n5cc(-c6cnc7ccc(N8CCOCC8)cc7n6)cn5)C4)cc3C2=O)C(=O)N1. The van der Waals surface area contributed by atoms with Crippen LogP contribution in [0.1, 0.15) is 52.4 Å². The Bertz CT molecular complexity index is 1890. The number of hydrogen-bond donors (Lipinski definition) is 2. The zero-order valence-electron chi connectivity index (χ0n) is 25.0. The number of amides is 4. The fourth-order valence-corrected chi connectivity index (χ4v) is 6.75. The molecule has 2 saturated heterocycles. The standard InChI is InChI=1S/C33H32N8O5/c42-30-6-5-29(31(43)38-30)41-32(44)24-3-1-21(13-25(24)33(41)45)34-15-19-11-23(12-19)40-18-20(16-36-40)28-17-35-26-4-2-22(14-27(26)37-28)39-7-9-46-10-8-39/h1-4,13-14,16-19,23,29,34H,5-12,15H2,(H,38,42,43). The van der Waals surface area contributed by atoms with E-state index in [1.54, 1.807) is 24.4 Å². The number of nitrogens with zero attached hydrogens (tertiary/aromatic N) is 6. The molecule has 2 N–H and O–H groups in total. The van der Waals surface area contributed by atoms with E-state index >= 15 is 0 Å². The molecule has 13 nitrogen and oxygen atoms in total. The number of carbonyl (C=O) groups excluding carboxylic acids is 4. The monoisotopic (exact) mass is 620 g/mol. The number of piperidine rings is 1. The molecule has 3 fully saturated rings. The molecule has 1 atom stereocenters. The number of hydrogen-bond acceptors (Lipinski definition) is 10. The number of rotatable bonds is 7. The lowest BCUT2D eigenvalue weighted by Crippen LogP contribution is -2.54. The van der Waals surface area contributed by atoms with Crippen molar-refractivity contribution < 1.29 is 23.9 Å². The van der Waals surface area contributed by atoms with E-state index in [0.29, 0.717) is 12.5 Å². The molecule has 0 spiro atoms. The highest BCUT2D eigenvalue weighted by molar-refractivity contribution is 6.23. The molecule has 4 aromatic rings. The number of imide groups is 2. The normalized spacial score (nSPS) is 23.0. The second kappa shape index (κ2) is 11.3. The number of nitrogens with one attached hydrogen (secondary N) is 2. The van der Waals surface area contributed by atoms with Gasteiger partial charge < -0.3 is 15.0 Å². The van der Waals surface area contributed by atoms with Crippen LogP contribution < -0.4 is 15.5 Å². The average molecular weight is 621 g/mol. The maximum absolute atomic E-state index is 13.1. The third-order valence-corrected chi connectivity index (χ3v) is 9.42. The molecular weight excluding hydrogens is 588 g/mol. The third-order valence-electron chi connectivity index (χ3n) is 9.42. The Hall–Kier alpha value is -5.17. The van der Waals surface area contributed by atoms with E-state index in [0.717, 1.165) is 77.7 Å². The van der Waals surface area contributed by atoms with Gasteiger partial charge in [-0.25, -0.2) is 4.98 Å². The van der Waals surface area contributed by atoms with Gasteiger partial charge in [0.15, 0.2) is 0 Å². The van der Waals surface area contributed by atoms with Gasteiger partial charge in [-0.15, -0.1) is 0 Å². The van der Waals surface area contributed by atoms with Gasteiger partial charge in [0.1, 0.15) is 6.04 Å². The summed E-state index contributed by atoms with van der Waals surface area (Å²) in [5, 5.41) is 10.3. The van der Waals surface area contributed by atoms with Crippen LogP contribution in [0.2, 0.25) is 0 Å². The molecule has 2 aromatic carbocycles. The summed E-state index contributed by atoms with van der Waals surface area (Å²) in [6.07, 6.45) is 7.80. The van der Waals surface area contributed by atoms with Gasteiger partial charge in [0, 0.05) is 49.2 Å². The highest BCUT2D eigenvalue weighted by atomic mass is 16.5. The first-order valence-electron chi connectivity index (χ1n) is 15.6. The van der Waals surface area contributed by atoms with E-state index < -0.39 is 29.7 Å². The van der Waals surface area contributed by atoms with Gasteiger partial charge in [-0.3, -0.25) is 39.1 Å². The Labute approximate surface area is 263 Å². The maximum Gasteiger partial charge on any atom is 0.262 e. The lowest BCUT2D eigenvalue weighted by molar-refractivity contribution is -0.136. The van der Waals surface area contributed by atoms with Crippen molar-refractivity contribution in [2.75, 3.05) is 43.1 Å². The molecule has 4 aliphatic rings. The van der Waals surface area contributed by atoms with Gasteiger partial charge in [-0.05, 0) is 61.6 Å². The van der Waals surface area contributed by atoms with Crippen molar-refractivity contribution in [1.29, 1.82) is 0 Å². The van der Waals surface area contributed by atoms with Gasteiger partial charge in [-0.2, -0.15) is 5.10 Å². The largest absolute Gasteiger partial charge is 0.385 e. The van der Waals surface area contributed by atoms with Crippen LogP contribution in [0.5, 0.6) is 0 Å². The first kappa shape index (κ1) is 28.3. The van der Waals surface area contributed by atoms with Gasteiger partial charge >= 0.3 is 0 Å². The second-order valence-corrected chi connectivity index (χ2v) is 12.3. The number of carbonyl (C=O) groups is 4. The smallest absolute Gasteiger partial charge is 0.262 e. The van der Waals surface area contributed by atoms with Crippen molar-refractivity contribution in [2.24, 2.45) is 5.92 Å². The van der Waals surface area contributed by atoms with E-state index in [1.165, 1.54) is 0 Å². The molecule has 3 aliphatic heterocycles. The summed E-state index contributed by atoms with van der Waals surface area (Å²) in [5.41, 5.74) is 5.82. The van der Waals surface area contributed by atoms with Crippen molar-refractivity contribution in [1.82, 2.24) is 30.0 Å². The van der Waals surface area contributed by atoms with Crippen LogP contribution >= 0.6 is 0 Å². The fourth-order valence-electron chi connectivity index (χ4n) is 6.75. The first-order chi connectivity index (χ1) is 22.4. The lowest BCUT2D eigenvalue weighted by atomic mass is 9.80. The van der Waals surface area contributed by atoms with E-state index in [2.05, 4.69) is 37.7 Å². The topological polar surface area (TPSA) is 152 Å². The van der Waals surface area contributed by atoms with Gasteiger partial charge in [0.2, 0.25) is 11.8 Å². The Morgan fingerprint density at radius 1 is 0.935 bits per heavy atom. The third kappa shape index (κ3) is 5.06. The molecule has 5 heterocycles. The summed E-state index contributed by atoms with van der Waals surface area (Å²) in [6.45, 7) is 3.89. The van der Waals surface area contributed by atoms with Crippen LogP contribution in [0.15, 0.2) is 55.0 Å².